The summed E-state index contributed by atoms with van der Waals surface area (Å²) >= 11 is 0. The molecule has 6 nitrogen and oxygen atoms in total. The fourth-order valence-corrected chi connectivity index (χ4v) is 2.77. The number of piperidine rings is 1. The Labute approximate surface area is 149 Å². The van der Waals surface area contributed by atoms with Gasteiger partial charge in [-0.15, -0.1) is 0 Å². The van der Waals surface area contributed by atoms with E-state index in [1.54, 1.807) is 4.90 Å². The van der Waals surface area contributed by atoms with E-state index in [1.165, 1.54) is 0 Å². The summed E-state index contributed by atoms with van der Waals surface area (Å²) in [5.41, 5.74) is 1.19. The van der Waals surface area contributed by atoms with Crippen LogP contribution in [0.15, 0.2) is 24.3 Å². The average Bonchev–Trinajstić information content (AvgIpc) is 2.55. The van der Waals surface area contributed by atoms with Gasteiger partial charge in [-0.1, -0.05) is 12.1 Å². The van der Waals surface area contributed by atoms with Crippen molar-refractivity contribution in [1.82, 2.24) is 4.90 Å². The van der Waals surface area contributed by atoms with E-state index in [0.717, 1.165) is 11.3 Å². The first-order chi connectivity index (χ1) is 11.8. The zero-order chi connectivity index (χ0) is 18.4. The molecule has 0 bridgehead atoms. The van der Waals surface area contributed by atoms with E-state index in [2.05, 4.69) is 5.32 Å². The number of carbonyl (C=O) groups is 2. The zero-order valence-corrected chi connectivity index (χ0v) is 15.2. The molecule has 0 spiro atoms. The maximum Gasteiger partial charge on any atom is 0.410 e. The predicted molar refractivity (Wildman–Crippen MR) is 94.9 cm³/mol. The van der Waals surface area contributed by atoms with Gasteiger partial charge in [0.2, 0.25) is 5.91 Å². The van der Waals surface area contributed by atoms with Crippen LogP contribution < -0.4 is 5.32 Å². The third kappa shape index (κ3) is 6.05. The van der Waals surface area contributed by atoms with Crippen molar-refractivity contribution in [2.75, 3.05) is 25.0 Å². The second-order valence-corrected chi connectivity index (χ2v) is 7.38. The van der Waals surface area contributed by atoms with Crippen molar-refractivity contribution in [3.63, 3.8) is 0 Å². The average molecular weight is 347 g/mol. The third-order valence-electron chi connectivity index (χ3n) is 4.13. The molecule has 2 rings (SSSR count). The lowest BCUT2D eigenvalue weighted by atomic mass is 9.96. The normalized spacial score (nSPS) is 15.8. The Bertz CT molecular complexity index is 584. The molecule has 0 saturated carbocycles. The van der Waals surface area contributed by atoms with Crippen LogP contribution >= 0.6 is 0 Å². The van der Waals surface area contributed by atoms with Crippen molar-refractivity contribution >= 4 is 17.7 Å². The molecule has 1 aromatic carbocycles. The van der Waals surface area contributed by atoms with E-state index in [9.17, 15) is 14.7 Å². The van der Waals surface area contributed by atoms with Crippen LogP contribution in [0.4, 0.5) is 10.5 Å². The third-order valence-corrected chi connectivity index (χ3v) is 4.13. The zero-order valence-electron chi connectivity index (χ0n) is 15.2. The number of anilines is 1. The van der Waals surface area contributed by atoms with Gasteiger partial charge >= 0.3 is 6.09 Å². The van der Waals surface area contributed by atoms with Crippen molar-refractivity contribution in [2.24, 2.45) is 5.92 Å². The van der Waals surface area contributed by atoms with Gasteiger partial charge in [0.15, 0.2) is 0 Å². The molecule has 6 heteroatoms. The van der Waals surface area contributed by atoms with E-state index in [4.69, 9.17) is 4.74 Å². The summed E-state index contributed by atoms with van der Waals surface area (Å²) in [6, 6.07) is 7.36. The Morgan fingerprint density at radius 1 is 1.16 bits per heavy atom. The van der Waals surface area contributed by atoms with Gasteiger partial charge in [0.1, 0.15) is 5.60 Å². The molecule has 1 aliphatic heterocycles. The predicted octanol–water partition coefficient (Wildman–Crippen LogP) is 3.25. The van der Waals surface area contributed by atoms with E-state index in [-0.39, 0.29) is 24.5 Å². The highest BCUT2D eigenvalue weighted by Gasteiger charge is 2.29. The van der Waals surface area contributed by atoms with Crippen LogP contribution in [0.25, 0.3) is 0 Å². The van der Waals surface area contributed by atoms with Gasteiger partial charge < -0.3 is 15.0 Å². The maximum atomic E-state index is 12.4. The van der Waals surface area contributed by atoms with Gasteiger partial charge in [-0.2, -0.15) is 0 Å². The highest BCUT2D eigenvalue weighted by molar-refractivity contribution is 5.92. The Morgan fingerprint density at radius 3 is 2.28 bits per heavy atom. The SMILES string of the molecule is CC(C)(C)OC(=O)N1CCC(C(=O)Nc2ccc(CC[O])cc2)CC1. The summed E-state index contributed by atoms with van der Waals surface area (Å²) in [4.78, 5) is 26.1. The molecular weight excluding hydrogens is 320 g/mol. The van der Waals surface area contributed by atoms with Gasteiger partial charge in [0, 0.05) is 24.7 Å². The minimum Gasteiger partial charge on any atom is -0.444 e. The summed E-state index contributed by atoms with van der Waals surface area (Å²) < 4.78 is 5.36. The van der Waals surface area contributed by atoms with Gasteiger partial charge in [-0.05, 0) is 57.7 Å². The first kappa shape index (κ1) is 19.2. The summed E-state index contributed by atoms with van der Waals surface area (Å²) in [6.45, 7) is 6.43. The van der Waals surface area contributed by atoms with Gasteiger partial charge in [0.05, 0.1) is 6.61 Å². The molecule has 0 aromatic heterocycles. The molecule has 0 unspecified atom stereocenters. The van der Waals surface area contributed by atoms with Crippen LogP contribution in [0.5, 0.6) is 0 Å². The monoisotopic (exact) mass is 347 g/mol. The highest BCUT2D eigenvalue weighted by Crippen LogP contribution is 2.21. The summed E-state index contributed by atoms with van der Waals surface area (Å²) in [5.74, 6) is -0.139. The number of hydrogen-bond acceptors (Lipinski definition) is 3. The molecule has 0 aliphatic carbocycles. The van der Waals surface area contributed by atoms with E-state index < -0.39 is 5.60 Å². The number of carbonyl (C=O) groups excluding carboxylic acids is 2. The fourth-order valence-electron chi connectivity index (χ4n) is 2.77. The minimum absolute atomic E-state index is 0.0274. The minimum atomic E-state index is -0.510. The van der Waals surface area contributed by atoms with E-state index in [1.807, 2.05) is 45.0 Å². The van der Waals surface area contributed by atoms with Gasteiger partial charge in [-0.25, -0.2) is 9.90 Å². The van der Waals surface area contributed by atoms with Crippen molar-refractivity contribution in [3.8, 4) is 0 Å². The van der Waals surface area contributed by atoms with Crippen molar-refractivity contribution < 1.29 is 19.4 Å². The molecule has 1 saturated heterocycles. The molecule has 1 radical (unpaired) electrons. The van der Waals surface area contributed by atoms with Crippen LogP contribution in [-0.4, -0.2) is 42.2 Å². The van der Waals surface area contributed by atoms with Crippen molar-refractivity contribution in [3.05, 3.63) is 29.8 Å². The van der Waals surface area contributed by atoms with Crippen LogP contribution in [0.3, 0.4) is 0 Å². The highest BCUT2D eigenvalue weighted by atomic mass is 16.6. The molecule has 2 amide bonds. The number of nitrogens with zero attached hydrogens (tertiary/aromatic N) is 1. The molecule has 1 fully saturated rings. The second kappa shape index (κ2) is 8.34. The fraction of sp³-hybridized carbons (Fsp3) is 0.579. The Kier molecular flexibility index (Phi) is 6.42. The number of benzene rings is 1. The molecule has 0 atom stereocenters. The van der Waals surface area contributed by atoms with Crippen molar-refractivity contribution in [2.45, 2.75) is 45.6 Å². The number of rotatable bonds is 4. The first-order valence-electron chi connectivity index (χ1n) is 8.74. The van der Waals surface area contributed by atoms with Crippen molar-refractivity contribution in [1.29, 1.82) is 0 Å². The molecular formula is C19H27N2O4. The lowest BCUT2D eigenvalue weighted by Crippen LogP contribution is -2.43. The summed E-state index contributed by atoms with van der Waals surface area (Å²) in [6.07, 6.45) is 1.43. The number of likely N-dealkylation sites (tertiary alicyclic amines) is 1. The number of nitrogens with one attached hydrogen (secondary N) is 1. The first-order valence-corrected chi connectivity index (χ1v) is 8.74. The smallest absolute Gasteiger partial charge is 0.410 e. The topological polar surface area (TPSA) is 78.5 Å². The number of amides is 2. The summed E-state index contributed by atoms with van der Waals surface area (Å²) in [7, 11) is 0. The molecule has 1 N–H and O–H groups in total. The molecule has 25 heavy (non-hydrogen) atoms. The van der Waals surface area contributed by atoms with E-state index in [0.29, 0.717) is 32.4 Å². The van der Waals surface area contributed by atoms with Gasteiger partial charge in [0.25, 0.3) is 0 Å². The summed E-state index contributed by atoms with van der Waals surface area (Å²) in [5, 5.41) is 13.5. The molecule has 1 aromatic rings. The Hall–Kier alpha value is -2.08. The van der Waals surface area contributed by atoms with Gasteiger partial charge in [-0.3, -0.25) is 4.79 Å². The number of ether oxygens (including phenoxy) is 1. The lowest BCUT2D eigenvalue weighted by molar-refractivity contribution is -0.121. The molecule has 1 aliphatic rings. The Balaban J connectivity index is 1.81. The molecule has 137 valence electrons. The molecule has 1 heterocycles. The van der Waals surface area contributed by atoms with Crippen LogP contribution in [0.1, 0.15) is 39.2 Å². The maximum absolute atomic E-state index is 12.4. The standard InChI is InChI=1S/C19H27N2O4/c1-19(2,3)25-18(24)21-11-8-15(9-12-21)17(23)20-16-6-4-14(5-7-16)10-13-22/h4-7,15H,8-13H2,1-3H3,(H,20,23). The van der Waals surface area contributed by atoms with E-state index >= 15 is 0 Å². The number of hydrogen-bond donors (Lipinski definition) is 1. The largest absolute Gasteiger partial charge is 0.444 e. The Morgan fingerprint density at radius 2 is 1.76 bits per heavy atom. The second-order valence-electron chi connectivity index (χ2n) is 7.38. The van der Waals surface area contributed by atoms with Crippen LogP contribution in [-0.2, 0) is 21.1 Å². The quantitative estimate of drug-likeness (QED) is 0.908. The van der Waals surface area contributed by atoms with Crippen LogP contribution in [0, 0.1) is 5.92 Å². The van der Waals surface area contributed by atoms with Crippen LogP contribution in [0.2, 0.25) is 0 Å². The lowest BCUT2D eigenvalue weighted by Gasteiger charge is -2.32.